The lowest BCUT2D eigenvalue weighted by Crippen LogP contribution is -2.41. The van der Waals surface area contributed by atoms with E-state index in [2.05, 4.69) is 15.3 Å². The van der Waals surface area contributed by atoms with Crippen LogP contribution in [0, 0.1) is 0 Å². The zero-order valence-electron chi connectivity index (χ0n) is 20.4. The number of imidazole rings is 1. The fraction of sp³-hybridized carbons (Fsp3) is 0.435. The summed E-state index contributed by atoms with van der Waals surface area (Å²) in [6.45, 7) is 12.1. The standard InChI is InChI=1S/C14H17BN2O3.C7H7F3N2.C2H6/c1-13(2)14(3,4)20-15(19-13)10-5-6-17-11(9-18)8-16-12(17)7-10;1-11-5-2-3-12-6(4-5)7(8,9)10;1-2/h5-9H,1-4H3;2-4H,1H3,(H,11,12);1-2H3. The van der Waals surface area contributed by atoms with Crippen molar-refractivity contribution in [2.24, 2.45) is 0 Å². The van der Waals surface area contributed by atoms with Crippen LogP contribution in [0.25, 0.3) is 5.65 Å². The molecule has 3 aromatic rings. The lowest BCUT2D eigenvalue weighted by Gasteiger charge is -2.32. The van der Waals surface area contributed by atoms with Gasteiger partial charge in [-0.1, -0.05) is 13.8 Å². The maximum Gasteiger partial charge on any atom is 0.495 e. The van der Waals surface area contributed by atoms with Gasteiger partial charge in [0.05, 0.1) is 17.4 Å². The predicted octanol–water partition coefficient (Wildman–Crippen LogP) is 4.61. The minimum Gasteiger partial charge on any atom is -0.399 e. The number of nitrogens with zero attached hydrogens (tertiary/aromatic N) is 3. The molecule has 1 aliphatic heterocycles. The summed E-state index contributed by atoms with van der Waals surface area (Å²) in [6.07, 6.45) is 0.902. The van der Waals surface area contributed by atoms with Crippen molar-refractivity contribution in [2.45, 2.75) is 58.9 Å². The highest BCUT2D eigenvalue weighted by Gasteiger charge is 2.51. The summed E-state index contributed by atoms with van der Waals surface area (Å²) >= 11 is 0. The van der Waals surface area contributed by atoms with E-state index in [4.69, 9.17) is 9.31 Å². The van der Waals surface area contributed by atoms with E-state index >= 15 is 0 Å². The molecule has 0 saturated carbocycles. The minimum absolute atomic E-state index is 0.368. The van der Waals surface area contributed by atoms with Crippen LogP contribution in [0.5, 0.6) is 0 Å². The van der Waals surface area contributed by atoms with Crippen LogP contribution in [0.3, 0.4) is 0 Å². The van der Waals surface area contributed by atoms with Crippen molar-refractivity contribution in [1.82, 2.24) is 14.4 Å². The van der Waals surface area contributed by atoms with Gasteiger partial charge in [0.15, 0.2) is 6.29 Å². The molecule has 0 spiro atoms. The van der Waals surface area contributed by atoms with Gasteiger partial charge in [-0.2, -0.15) is 13.2 Å². The molecule has 4 heterocycles. The summed E-state index contributed by atoms with van der Waals surface area (Å²) in [5.41, 5.74) is 0.922. The number of anilines is 1. The predicted molar refractivity (Wildman–Crippen MR) is 126 cm³/mol. The second kappa shape index (κ2) is 10.6. The fourth-order valence-electron chi connectivity index (χ4n) is 2.97. The van der Waals surface area contributed by atoms with Gasteiger partial charge in [-0.15, -0.1) is 0 Å². The highest BCUT2D eigenvalue weighted by atomic mass is 19.4. The SMILES string of the molecule is CC.CC1(C)OB(c2ccn3c(C=O)cnc3c2)OC1(C)C.CNc1ccnc(C(F)(F)F)c1. The first-order chi connectivity index (χ1) is 15.9. The molecule has 0 atom stereocenters. The van der Waals surface area contributed by atoms with Gasteiger partial charge in [0.2, 0.25) is 0 Å². The largest absolute Gasteiger partial charge is 0.495 e. The molecule has 1 N–H and O–H groups in total. The van der Waals surface area contributed by atoms with Gasteiger partial charge in [0.25, 0.3) is 0 Å². The van der Waals surface area contributed by atoms with Gasteiger partial charge in [-0.3, -0.25) is 14.2 Å². The Morgan fingerprint density at radius 1 is 1.06 bits per heavy atom. The molecule has 3 aromatic heterocycles. The minimum atomic E-state index is -4.37. The molecular weight excluding hydrogens is 448 g/mol. The van der Waals surface area contributed by atoms with Crippen molar-refractivity contribution >= 4 is 30.2 Å². The van der Waals surface area contributed by atoms with Crippen molar-refractivity contribution < 1.29 is 27.3 Å². The Kier molecular flexibility index (Phi) is 8.49. The number of carbonyl (C=O) groups excluding carboxylic acids is 1. The first kappa shape index (κ1) is 27.3. The van der Waals surface area contributed by atoms with E-state index in [1.165, 1.54) is 6.07 Å². The lowest BCUT2D eigenvalue weighted by atomic mass is 9.80. The molecule has 1 saturated heterocycles. The maximum absolute atomic E-state index is 12.0. The van der Waals surface area contributed by atoms with Crippen molar-refractivity contribution in [1.29, 1.82) is 0 Å². The van der Waals surface area contributed by atoms with E-state index in [9.17, 15) is 18.0 Å². The lowest BCUT2D eigenvalue weighted by molar-refractivity contribution is -0.141. The van der Waals surface area contributed by atoms with E-state index in [-0.39, 0.29) is 11.2 Å². The second-order valence-electron chi connectivity index (χ2n) is 8.25. The van der Waals surface area contributed by atoms with E-state index in [0.717, 1.165) is 24.0 Å². The van der Waals surface area contributed by atoms with Crippen LogP contribution in [0.4, 0.5) is 18.9 Å². The Hall–Kier alpha value is -2.92. The van der Waals surface area contributed by atoms with Gasteiger partial charge in [-0.25, -0.2) is 4.98 Å². The molecule has 0 radical (unpaired) electrons. The third kappa shape index (κ3) is 5.95. The summed E-state index contributed by atoms with van der Waals surface area (Å²) in [7, 11) is 1.14. The number of hydrogen-bond donors (Lipinski definition) is 1. The van der Waals surface area contributed by atoms with Crippen LogP contribution in [0.15, 0.2) is 42.9 Å². The number of alkyl halides is 3. The molecule has 0 amide bonds. The molecular formula is C23H30BF3N4O3. The molecule has 0 aliphatic carbocycles. The van der Waals surface area contributed by atoms with Gasteiger partial charge in [-0.05, 0) is 57.4 Å². The summed E-state index contributed by atoms with van der Waals surface area (Å²) in [5.74, 6) is 0. The van der Waals surface area contributed by atoms with E-state index in [1.54, 1.807) is 17.6 Å². The Balaban J connectivity index is 0.000000251. The molecule has 184 valence electrons. The molecule has 0 bridgehead atoms. The maximum atomic E-state index is 12.0. The highest BCUT2D eigenvalue weighted by molar-refractivity contribution is 6.62. The second-order valence-corrected chi connectivity index (χ2v) is 8.25. The van der Waals surface area contributed by atoms with Crippen molar-refractivity contribution in [3.05, 3.63) is 54.2 Å². The summed E-state index contributed by atoms with van der Waals surface area (Å²) in [5, 5.41) is 2.60. The quantitative estimate of drug-likeness (QED) is 0.438. The Bertz CT molecular complexity index is 1100. The van der Waals surface area contributed by atoms with Crippen LogP contribution >= 0.6 is 0 Å². The van der Waals surface area contributed by atoms with E-state index < -0.39 is 19.0 Å². The highest BCUT2D eigenvalue weighted by Crippen LogP contribution is 2.36. The average molecular weight is 478 g/mol. The number of halogens is 3. The zero-order chi connectivity index (χ0) is 25.7. The first-order valence-electron chi connectivity index (χ1n) is 10.9. The number of rotatable bonds is 3. The Labute approximate surface area is 197 Å². The van der Waals surface area contributed by atoms with E-state index in [1.807, 2.05) is 59.9 Å². The van der Waals surface area contributed by atoms with Crippen molar-refractivity contribution in [3.8, 4) is 0 Å². The molecule has 0 unspecified atom stereocenters. The third-order valence-corrected chi connectivity index (χ3v) is 5.55. The van der Waals surface area contributed by atoms with Crippen molar-refractivity contribution in [2.75, 3.05) is 12.4 Å². The molecule has 1 aliphatic rings. The Morgan fingerprint density at radius 2 is 1.68 bits per heavy atom. The van der Waals surface area contributed by atoms with Gasteiger partial charge >= 0.3 is 13.3 Å². The molecule has 0 aromatic carbocycles. The summed E-state index contributed by atoms with van der Waals surface area (Å²) < 4.78 is 49.8. The molecule has 11 heteroatoms. The van der Waals surface area contributed by atoms with Gasteiger partial charge in [0.1, 0.15) is 17.0 Å². The van der Waals surface area contributed by atoms with Crippen molar-refractivity contribution in [3.63, 3.8) is 0 Å². The molecule has 34 heavy (non-hydrogen) atoms. The molecule has 7 nitrogen and oxygen atoms in total. The van der Waals surface area contributed by atoms with E-state index in [0.29, 0.717) is 17.0 Å². The summed E-state index contributed by atoms with van der Waals surface area (Å²) in [6, 6.07) is 6.20. The number of pyridine rings is 2. The zero-order valence-corrected chi connectivity index (χ0v) is 20.4. The number of carbonyl (C=O) groups is 1. The number of nitrogens with one attached hydrogen (secondary N) is 1. The van der Waals surface area contributed by atoms with Gasteiger partial charge in [0, 0.05) is 25.1 Å². The number of hydrogen-bond acceptors (Lipinski definition) is 6. The number of aldehydes is 1. The number of aromatic nitrogens is 3. The molecule has 1 fully saturated rings. The van der Waals surface area contributed by atoms with Crippen LogP contribution < -0.4 is 10.8 Å². The monoisotopic (exact) mass is 478 g/mol. The number of fused-ring (bicyclic) bond motifs is 1. The average Bonchev–Trinajstić information content (AvgIpc) is 3.31. The summed E-state index contributed by atoms with van der Waals surface area (Å²) in [4.78, 5) is 18.3. The van der Waals surface area contributed by atoms with Crippen LogP contribution in [0.1, 0.15) is 57.7 Å². The first-order valence-corrected chi connectivity index (χ1v) is 10.9. The van der Waals surface area contributed by atoms with Gasteiger partial charge < -0.3 is 14.6 Å². The normalized spacial score (nSPS) is 16.2. The smallest absolute Gasteiger partial charge is 0.399 e. The van der Waals surface area contributed by atoms with Crippen LogP contribution in [-0.2, 0) is 15.5 Å². The fourth-order valence-corrected chi connectivity index (χ4v) is 2.97. The van der Waals surface area contributed by atoms with Crippen LogP contribution in [-0.4, -0.2) is 46.0 Å². The topological polar surface area (TPSA) is 77.8 Å². The Morgan fingerprint density at radius 3 is 2.21 bits per heavy atom. The third-order valence-electron chi connectivity index (χ3n) is 5.55. The van der Waals surface area contributed by atoms with Crippen LogP contribution in [0.2, 0.25) is 0 Å². The molecule has 4 rings (SSSR count).